The molecule has 6 heteroatoms. The molecule has 0 radical (unpaired) electrons. The van der Waals surface area contributed by atoms with Gasteiger partial charge >= 0.3 is 5.97 Å². The van der Waals surface area contributed by atoms with Crippen molar-refractivity contribution >= 4 is 43.7 Å². The Balaban J connectivity index is 2.28. The van der Waals surface area contributed by atoms with Crippen LogP contribution in [0, 0.1) is 5.92 Å². The number of nitrogens with zero attached hydrogens (tertiary/aromatic N) is 1. The van der Waals surface area contributed by atoms with Crippen molar-refractivity contribution in [3.05, 3.63) is 34.3 Å². The van der Waals surface area contributed by atoms with Crippen molar-refractivity contribution in [1.29, 1.82) is 0 Å². The molecule has 0 aliphatic carbocycles. The zero-order chi connectivity index (χ0) is 14.0. The third-order valence-corrected chi connectivity index (χ3v) is 4.63. The third-order valence-electron chi connectivity index (χ3n) is 3.19. The summed E-state index contributed by atoms with van der Waals surface area (Å²) in [7, 11) is 0. The summed E-state index contributed by atoms with van der Waals surface area (Å²) in [5, 5.41) is 10.1. The number of carboxylic acid groups (broad SMARTS) is 1. The second-order valence-corrected chi connectivity index (χ2v) is 6.13. The molecule has 1 fully saturated rings. The van der Waals surface area contributed by atoms with Gasteiger partial charge in [-0.1, -0.05) is 44.0 Å². The van der Waals surface area contributed by atoms with Crippen LogP contribution in [0.25, 0.3) is 0 Å². The van der Waals surface area contributed by atoms with Crippen LogP contribution in [0.4, 0.5) is 0 Å². The van der Waals surface area contributed by atoms with E-state index in [9.17, 15) is 14.7 Å². The minimum absolute atomic E-state index is 0.0974. The first kappa shape index (κ1) is 14.5. The van der Waals surface area contributed by atoms with E-state index in [-0.39, 0.29) is 11.8 Å². The van der Waals surface area contributed by atoms with E-state index in [0.717, 1.165) is 4.47 Å². The molecule has 1 aliphatic rings. The van der Waals surface area contributed by atoms with E-state index in [4.69, 9.17) is 0 Å². The van der Waals surface area contributed by atoms with Crippen LogP contribution in [0.2, 0.25) is 0 Å². The maximum Gasteiger partial charge on any atom is 0.331 e. The van der Waals surface area contributed by atoms with E-state index in [1.165, 1.54) is 4.90 Å². The number of carboxylic acids is 1. The number of aliphatic carboxylic acids is 1. The van der Waals surface area contributed by atoms with Gasteiger partial charge in [-0.2, -0.15) is 0 Å². The quantitative estimate of drug-likeness (QED) is 0.804. The number of benzene rings is 1. The van der Waals surface area contributed by atoms with Crippen LogP contribution in [0.3, 0.4) is 0 Å². The van der Waals surface area contributed by atoms with E-state index < -0.39 is 12.0 Å². The van der Waals surface area contributed by atoms with Gasteiger partial charge in [-0.05, 0) is 23.6 Å². The van der Waals surface area contributed by atoms with E-state index in [0.29, 0.717) is 23.9 Å². The molecule has 0 bridgehead atoms. The lowest BCUT2D eigenvalue weighted by Gasteiger charge is -2.25. The fourth-order valence-electron chi connectivity index (χ4n) is 2.26. The Labute approximate surface area is 128 Å². The van der Waals surface area contributed by atoms with Crippen molar-refractivity contribution in [2.45, 2.75) is 12.5 Å². The van der Waals surface area contributed by atoms with E-state index in [1.54, 1.807) is 24.3 Å². The smallest absolute Gasteiger partial charge is 0.331 e. The molecule has 1 aromatic carbocycles. The third kappa shape index (κ3) is 3.17. The zero-order valence-corrected chi connectivity index (χ0v) is 13.2. The highest BCUT2D eigenvalue weighted by atomic mass is 79.9. The van der Waals surface area contributed by atoms with Gasteiger partial charge in [0.25, 0.3) is 0 Å². The number of alkyl halides is 1. The van der Waals surface area contributed by atoms with Gasteiger partial charge < -0.3 is 10.0 Å². The SMILES string of the molecule is O=C(O)C(c1ccc(Br)cc1)N1CC(CBr)CC1=O. The Bertz CT molecular complexity index is 489. The summed E-state index contributed by atoms with van der Waals surface area (Å²) >= 11 is 6.66. The van der Waals surface area contributed by atoms with Crippen molar-refractivity contribution in [2.24, 2.45) is 5.92 Å². The monoisotopic (exact) mass is 389 g/mol. The van der Waals surface area contributed by atoms with Gasteiger partial charge in [0.05, 0.1) is 0 Å². The molecule has 102 valence electrons. The second-order valence-electron chi connectivity index (χ2n) is 4.56. The van der Waals surface area contributed by atoms with Gasteiger partial charge in [0.15, 0.2) is 6.04 Å². The highest BCUT2D eigenvalue weighted by Gasteiger charge is 2.38. The molecule has 0 saturated carbocycles. The molecule has 1 aromatic rings. The van der Waals surface area contributed by atoms with E-state index >= 15 is 0 Å². The molecule has 2 rings (SSSR count). The van der Waals surface area contributed by atoms with Gasteiger partial charge in [-0.3, -0.25) is 4.79 Å². The number of rotatable bonds is 4. The first-order valence-electron chi connectivity index (χ1n) is 5.86. The van der Waals surface area contributed by atoms with Gasteiger partial charge in [0, 0.05) is 22.8 Å². The number of hydrogen-bond donors (Lipinski definition) is 1. The van der Waals surface area contributed by atoms with Crippen LogP contribution in [0.5, 0.6) is 0 Å². The number of amides is 1. The lowest BCUT2D eigenvalue weighted by Crippen LogP contribution is -2.35. The first-order valence-corrected chi connectivity index (χ1v) is 7.78. The summed E-state index contributed by atoms with van der Waals surface area (Å²) in [6, 6.07) is 6.14. The largest absolute Gasteiger partial charge is 0.479 e. The summed E-state index contributed by atoms with van der Waals surface area (Å²) in [6.07, 6.45) is 0.408. The molecule has 0 spiro atoms. The number of likely N-dealkylation sites (tertiary alicyclic amines) is 1. The van der Waals surface area contributed by atoms with Crippen LogP contribution >= 0.6 is 31.9 Å². The maximum absolute atomic E-state index is 12.0. The summed E-state index contributed by atoms with van der Waals surface area (Å²) in [4.78, 5) is 24.9. The molecule has 1 heterocycles. The van der Waals surface area contributed by atoms with Gasteiger partial charge in [0.1, 0.15) is 0 Å². The summed E-state index contributed by atoms with van der Waals surface area (Å²) in [5.74, 6) is -0.907. The highest BCUT2D eigenvalue weighted by molar-refractivity contribution is 9.10. The minimum atomic E-state index is -0.995. The standard InChI is InChI=1S/C13H13Br2NO3/c14-6-8-5-11(17)16(7-8)12(13(18)19)9-1-3-10(15)4-2-9/h1-4,8,12H,5-7H2,(H,18,19). The minimum Gasteiger partial charge on any atom is -0.479 e. The van der Waals surface area contributed by atoms with Crippen LogP contribution in [0.1, 0.15) is 18.0 Å². The predicted molar refractivity (Wildman–Crippen MR) is 78.1 cm³/mol. The normalized spacial score (nSPS) is 20.6. The summed E-state index contributed by atoms with van der Waals surface area (Å²) < 4.78 is 0.881. The van der Waals surface area contributed by atoms with Crippen LogP contribution in [-0.2, 0) is 9.59 Å². The molecule has 1 aliphatic heterocycles. The molecule has 2 atom stereocenters. The topological polar surface area (TPSA) is 57.6 Å². The van der Waals surface area contributed by atoms with Gasteiger partial charge in [-0.25, -0.2) is 4.79 Å². The van der Waals surface area contributed by atoms with E-state index in [1.807, 2.05) is 0 Å². The summed E-state index contributed by atoms with van der Waals surface area (Å²) in [5.41, 5.74) is 0.624. The first-order chi connectivity index (χ1) is 9.02. The number of carbonyl (C=O) groups excluding carboxylic acids is 1. The Morgan fingerprint density at radius 1 is 1.42 bits per heavy atom. The fourth-order valence-corrected chi connectivity index (χ4v) is 2.96. The molecule has 2 unspecified atom stereocenters. The lowest BCUT2D eigenvalue weighted by molar-refractivity contribution is -0.148. The van der Waals surface area contributed by atoms with E-state index in [2.05, 4.69) is 31.9 Å². The Morgan fingerprint density at radius 3 is 2.53 bits per heavy atom. The van der Waals surface area contributed by atoms with Crippen molar-refractivity contribution in [3.63, 3.8) is 0 Å². The number of hydrogen-bond acceptors (Lipinski definition) is 2. The average molecular weight is 391 g/mol. The Hall–Kier alpha value is -0.880. The Kier molecular flexibility index (Phi) is 4.62. The molecular formula is C13H13Br2NO3. The van der Waals surface area contributed by atoms with Crippen molar-refractivity contribution < 1.29 is 14.7 Å². The van der Waals surface area contributed by atoms with Crippen LogP contribution < -0.4 is 0 Å². The van der Waals surface area contributed by atoms with Crippen LogP contribution in [-0.4, -0.2) is 33.8 Å². The molecule has 0 aromatic heterocycles. The Morgan fingerprint density at radius 2 is 2.05 bits per heavy atom. The molecular weight excluding hydrogens is 378 g/mol. The van der Waals surface area contributed by atoms with Crippen LogP contribution in [0.15, 0.2) is 28.7 Å². The zero-order valence-electron chi connectivity index (χ0n) is 10.1. The van der Waals surface area contributed by atoms with Gasteiger partial charge in [0.2, 0.25) is 5.91 Å². The molecule has 1 saturated heterocycles. The second kappa shape index (κ2) is 6.05. The van der Waals surface area contributed by atoms with Crippen molar-refractivity contribution in [1.82, 2.24) is 4.90 Å². The lowest BCUT2D eigenvalue weighted by atomic mass is 10.1. The number of carbonyl (C=O) groups is 2. The maximum atomic E-state index is 12.0. The molecule has 1 amide bonds. The van der Waals surface area contributed by atoms with Crippen molar-refractivity contribution in [2.75, 3.05) is 11.9 Å². The summed E-state index contributed by atoms with van der Waals surface area (Å²) in [6.45, 7) is 0.483. The predicted octanol–water partition coefficient (Wildman–Crippen LogP) is 2.82. The average Bonchev–Trinajstić information content (AvgIpc) is 2.73. The fraction of sp³-hybridized carbons (Fsp3) is 0.385. The van der Waals surface area contributed by atoms with Gasteiger partial charge in [-0.15, -0.1) is 0 Å². The van der Waals surface area contributed by atoms with Crippen molar-refractivity contribution in [3.8, 4) is 0 Å². The molecule has 1 N–H and O–H groups in total. The molecule has 19 heavy (non-hydrogen) atoms. The highest BCUT2D eigenvalue weighted by Crippen LogP contribution is 2.30. The molecule has 4 nitrogen and oxygen atoms in total. The number of halogens is 2.